The van der Waals surface area contributed by atoms with Gasteiger partial charge in [0.2, 0.25) is 11.2 Å². The number of halogens is 1. The summed E-state index contributed by atoms with van der Waals surface area (Å²) in [7, 11) is 3.52. The SMILES string of the molecule is CC.Cc1c(C(C)C)n(-c2ccc(F)cc2)c2cc3cnn(S(=O)N(C)C)c3cc12. The molecular formula is C23H29FN4OS. The average Bonchev–Trinajstić information content (AvgIpc) is 3.26. The first-order chi connectivity index (χ1) is 14.3. The quantitative estimate of drug-likeness (QED) is 0.427. The molecule has 2 heterocycles. The predicted octanol–water partition coefficient (Wildman–Crippen LogP) is 5.57. The van der Waals surface area contributed by atoms with Crippen LogP contribution in [0.3, 0.4) is 0 Å². The molecule has 5 nitrogen and oxygen atoms in total. The van der Waals surface area contributed by atoms with Gasteiger partial charge in [0.1, 0.15) is 5.82 Å². The van der Waals surface area contributed by atoms with Gasteiger partial charge in [-0.05, 0) is 54.8 Å². The molecule has 4 rings (SSSR count). The van der Waals surface area contributed by atoms with Crippen molar-refractivity contribution in [1.82, 2.24) is 18.1 Å². The first kappa shape index (κ1) is 22.2. The third kappa shape index (κ3) is 3.68. The van der Waals surface area contributed by atoms with E-state index in [0.717, 1.165) is 27.5 Å². The number of aryl methyl sites for hydroxylation is 1. The predicted molar refractivity (Wildman–Crippen MR) is 124 cm³/mol. The number of benzene rings is 2. The van der Waals surface area contributed by atoms with E-state index in [9.17, 15) is 8.60 Å². The molecule has 0 N–H and O–H groups in total. The van der Waals surface area contributed by atoms with Crippen LogP contribution < -0.4 is 0 Å². The zero-order valence-electron chi connectivity index (χ0n) is 18.6. The molecule has 0 saturated carbocycles. The van der Waals surface area contributed by atoms with E-state index in [2.05, 4.69) is 42.6 Å². The summed E-state index contributed by atoms with van der Waals surface area (Å²) in [4.78, 5) is 0. The first-order valence-electron chi connectivity index (χ1n) is 10.2. The lowest BCUT2D eigenvalue weighted by molar-refractivity contribution is 0.589. The van der Waals surface area contributed by atoms with Gasteiger partial charge in [0.25, 0.3) is 0 Å². The van der Waals surface area contributed by atoms with Crippen molar-refractivity contribution >= 4 is 33.0 Å². The molecule has 0 aliphatic heterocycles. The van der Waals surface area contributed by atoms with Crippen LogP contribution in [0.25, 0.3) is 27.5 Å². The third-order valence-corrected chi connectivity index (χ3v) is 6.23. The minimum Gasteiger partial charge on any atom is -0.313 e. The molecule has 7 heteroatoms. The third-order valence-electron chi connectivity index (χ3n) is 5.01. The Labute approximate surface area is 179 Å². The molecule has 0 saturated heterocycles. The van der Waals surface area contributed by atoms with Gasteiger partial charge in [-0.3, -0.25) is 0 Å². The van der Waals surface area contributed by atoms with Crippen LogP contribution in [0.15, 0.2) is 42.6 Å². The van der Waals surface area contributed by atoms with Crippen LogP contribution in [0, 0.1) is 12.7 Å². The fraction of sp³-hybridized carbons (Fsp3) is 0.348. The summed E-state index contributed by atoms with van der Waals surface area (Å²) in [5.74, 6) is 0.0332. The van der Waals surface area contributed by atoms with Crippen molar-refractivity contribution in [3.8, 4) is 5.69 Å². The molecule has 0 bridgehead atoms. The second kappa shape index (κ2) is 8.70. The second-order valence-electron chi connectivity index (χ2n) is 7.47. The number of aromatic nitrogens is 3. The Morgan fingerprint density at radius 2 is 1.70 bits per heavy atom. The fourth-order valence-electron chi connectivity index (χ4n) is 3.80. The van der Waals surface area contributed by atoms with E-state index in [-0.39, 0.29) is 11.7 Å². The lowest BCUT2D eigenvalue weighted by Crippen LogP contribution is -2.22. The smallest absolute Gasteiger partial charge is 0.219 e. The lowest BCUT2D eigenvalue weighted by Gasteiger charge is -2.14. The maximum Gasteiger partial charge on any atom is 0.219 e. The number of hydrogen-bond donors (Lipinski definition) is 0. The highest BCUT2D eigenvalue weighted by atomic mass is 32.2. The van der Waals surface area contributed by atoms with Crippen LogP contribution in [0.5, 0.6) is 0 Å². The molecule has 2 aromatic heterocycles. The van der Waals surface area contributed by atoms with Crippen molar-refractivity contribution in [3.63, 3.8) is 0 Å². The highest BCUT2D eigenvalue weighted by Gasteiger charge is 2.21. The number of rotatable bonds is 4. The summed E-state index contributed by atoms with van der Waals surface area (Å²) in [5, 5.41) is 6.33. The Morgan fingerprint density at radius 3 is 2.27 bits per heavy atom. The van der Waals surface area contributed by atoms with Crippen molar-refractivity contribution in [2.75, 3.05) is 14.1 Å². The molecule has 4 aromatic rings. The zero-order valence-corrected chi connectivity index (χ0v) is 19.4. The van der Waals surface area contributed by atoms with Crippen molar-refractivity contribution in [1.29, 1.82) is 0 Å². The average molecular weight is 429 g/mol. The Balaban J connectivity index is 0.00000124. The van der Waals surface area contributed by atoms with Gasteiger partial charge in [0, 0.05) is 36.2 Å². The van der Waals surface area contributed by atoms with E-state index in [1.807, 2.05) is 13.8 Å². The first-order valence-corrected chi connectivity index (χ1v) is 11.2. The van der Waals surface area contributed by atoms with Crippen LogP contribution in [0.2, 0.25) is 0 Å². The molecule has 0 radical (unpaired) electrons. The topological polar surface area (TPSA) is 43.1 Å². The molecule has 0 fully saturated rings. The molecule has 1 atom stereocenters. The molecular weight excluding hydrogens is 399 g/mol. The summed E-state index contributed by atoms with van der Waals surface area (Å²) < 4.78 is 31.4. The standard InChI is InChI=1S/C21H23FN4OS.C2H6/c1-13(2)21-14(3)18-11-19-15(12-23-26(19)28(27)24(4)5)10-20(18)25(21)17-8-6-16(22)7-9-17;1-2/h6-13H,1-5H3;1-2H3. The summed E-state index contributed by atoms with van der Waals surface area (Å²) in [5.41, 5.74) is 5.14. The van der Waals surface area contributed by atoms with Crippen molar-refractivity contribution < 1.29 is 8.60 Å². The fourth-order valence-corrected chi connectivity index (χ4v) is 4.56. The molecule has 0 spiro atoms. The van der Waals surface area contributed by atoms with Crippen LogP contribution in [-0.2, 0) is 11.2 Å². The van der Waals surface area contributed by atoms with Gasteiger partial charge >= 0.3 is 0 Å². The Kier molecular flexibility index (Phi) is 6.43. The van der Waals surface area contributed by atoms with Crippen LogP contribution in [0.4, 0.5) is 4.39 Å². The maximum atomic E-state index is 13.5. The number of hydrogen-bond acceptors (Lipinski definition) is 2. The Morgan fingerprint density at radius 1 is 1.07 bits per heavy atom. The van der Waals surface area contributed by atoms with Gasteiger partial charge in [-0.25, -0.2) is 12.9 Å². The van der Waals surface area contributed by atoms with Crippen LogP contribution in [-0.4, -0.2) is 36.4 Å². The molecule has 2 aromatic carbocycles. The van der Waals surface area contributed by atoms with E-state index in [1.165, 1.54) is 23.4 Å². The van der Waals surface area contributed by atoms with Gasteiger partial charge < -0.3 is 4.57 Å². The van der Waals surface area contributed by atoms with E-state index in [0.29, 0.717) is 0 Å². The van der Waals surface area contributed by atoms with Gasteiger partial charge in [0.05, 0.1) is 17.2 Å². The summed E-state index contributed by atoms with van der Waals surface area (Å²) in [6, 6.07) is 10.7. The van der Waals surface area contributed by atoms with E-state index in [4.69, 9.17) is 0 Å². The summed E-state index contributed by atoms with van der Waals surface area (Å²) >= 11 is -1.38. The monoisotopic (exact) mass is 428 g/mol. The molecule has 0 aliphatic carbocycles. The molecule has 160 valence electrons. The summed E-state index contributed by atoms with van der Waals surface area (Å²) in [6.45, 7) is 10.4. The van der Waals surface area contributed by atoms with E-state index >= 15 is 0 Å². The van der Waals surface area contributed by atoms with Crippen molar-refractivity contribution in [3.05, 3.63) is 59.7 Å². The normalized spacial score (nSPS) is 12.6. The number of nitrogens with zero attached hydrogens (tertiary/aromatic N) is 4. The lowest BCUT2D eigenvalue weighted by atomic mass is 10.0. The maximum absolute atomic E-state index is 13.5. The minimum absolute atomic E-state index is 0.252. The van der Waals surface area contributed by atoms with E-state index < -0.39 is 11.2 Å². The van der Waals surface area contributed by atoms with Crippen LogP contribution in [0.1, 0.15) is 44.9 Å². The van der Waals surface area contributed by atoms with Gasteiger partial charge in [-0.1, -0.05) is 27.7 Å². The second-order valence-corrected chi connectivity index (χ2v) is 9.00. The molecule has 30 heavy (non-hydrogen) atoms. The van der Waals surface area contributed by atoms with E-state index in [1.54, 1.807) is 40.8 Å². The Hall–Kier alpha value is -2.51. The molecule has 0 amide bonds. The highest BCUT2D eigenvalue weighted by molar-refractivity contribution is 7.81. The van der Waals surface area contributed by atoms with Crippen molar-refractivity contribution in [2.24, 2.45) is 0 Å². The van der Waals surface area contributed by atoms with Gasteiger partial charge in [0.15, 0.2) is 0 Å². The minimum atomic E-state index is -1.38. The van der Waals surface area contributed by atoms with Crippen molar-refractivity contribution in [2.45, 2.75) is 40.5 Å². The zero-order chi connectivity index (χ0) is 22.2. The molecule has 0 aliphatic rings. The largest absolute Gasteiger partial charge is 0.313 e. The van der Waals surface area contributed by atoms with Gasteiger partial charge in [-0.15, -0.1) is 0 Å². The van der Waals surface area contributed by atoms with Gasteiger partial charge in [-0.2, -0.15) is 9.19 Å². The Bertz CT molecular complexity index is 1210. The summed E-state index contributed by atoms with van der Waals surface area (Å²) in [6.07, 6.45) is 1.74. The highest BCUT2D eigenvalue weighted by Crippen LogP contribution is 2.36. The van der Waals surface area contributed by atoms with Crippen LogP contribution >= 0.6 is 0 Å². The number of fused-ring (bicyclic) bond motifs is 2. The molecule has 1 unspecified atom stereocenters.